The Hall–Kier alpha value is -3.12. The van der Waals surface area contributed by atoms with Crippen LogP contribution in [0.5, 0.6) is 0 Å². The molecule has 6 nitrogen and oxygen atoms in total. The third-order valence-corrected chi connectivity index (χ3v) is 5.87. The molecule has 1 saturated carbocycles. The largest absolute Gasteiger partial charge is 0.385 e. The lowest BCUT2D eigenvalue weighted by molar-refractivity contribution is 0.105. The lowest BCUT2D eigenvalue weighted by Gasteiger charge is -2.22. The number of nitrogen functional groups attached to an aromatic ring is 2. The van der Waals surface area contributed by atoms with Crippen LogP contribution in [0.4, 0.5) is 17.5 Å². The fourth-order valence-electron chi connectivity index (χ4n) is 4.21. The second-order valence-corrected chi connectivity index (χ2v) is 8.23. The van der Waals surface area contributed by atoms with E-state index in [2.05, 4.69) is 39.6 Å². The van der Waals surface area contributed by atoms with Crippen molar-refractivity contribution in [3.05, 3.63) is 65.9 Å². The maximum atomic E-state index is 6.23. The zero-order valence-electron chi connectivity index (χ0n) is 17.9. The van der Waals surface area contributed by atoms with Crippen LogP contribution in [0.3, 0.4) is 0 Å². The van der Waals surface area contributed by atoms with Crippen molar-refractivity contribution in [2.75, 3.05) is 23.3 Å². The fourth-order valence-corrected chi connectivity index (χ4v) is 4.21. The van der Waals surface area contributed by atoms with Gasteiger partial charge in [-0.3, -0.25) is 0 Å². The predicted molar refractivity (Wildman–Crippen MR) is 126 cm³/mol. The molecule has 1 aromatic heterocycles. The second-order valence-electron chi connectivity index (χ2n) is 8.23. The summed E-state index contributed by atoms with van der Waals surface area (Å²) in [6.07, 6.45) is 6.76. The molecule has 0 saturated heterocycles. The topological polar surface area (TPSA) is 99.1 Å². The zero-order chi connectivity index (χ0) is 21.5. The quantitative estimate of drug-likeness (QED) is 0.476. The molecule has 5 N–H and O–H groups in total. The smallest absolute Gasteiger partial charge is 0.222 e. The Balaban J connectivity index is 1.44. The van der Waals surface area contributed by atoms with Crippen molar-refractivity contribution in [3.63, 3.8) is 0 Å². The number of nitrogens with zero attached hydrogens (tertiary/aromatic N) is 2. The first-order valence-corrected chi connectivity index (χ1v) is 11.1. The summed E-state index contributed by atoms with van der Waals surface area (Å²) in [5, 5.41) is 3.58. The first-order chi connectivity index (χ1) is 15.2. The molecule has 0 amide bonds. The molecule has 0 atom stereocenters. The van der Waals surface area contributed by atoms with Gasteiger partial charge in [0.05, 0.1) is 18.9 Å². The summed E-state index contributed by atoms with van der Waals surface area (Å²) >= 11 is 0. The van der Waals surface area contributed by atoms with Crippen molar-refractivity contribution in [2.45, 2.75) is 45.3 Å². The molecule has 31 heavy (non-hydrogen) atoms. The molecule has 0 bridgehead atoms. The van der Waals surface area contributed by atoms with E-state index in [9.17, 15) is 0 Å². The number of ether oxygens (including phenoxy) is 1. The standard InChI is InChI=1S/C25H31N5O/c26-24-23(20-11-13-21(14-12-20)28-15-18-7-3-1-4-8-18)22(29-25(27)30-24)17-31-16-19-9-5-2-6-10-19/h2,5-6,9-14,18,28H,1,3-4,7-8,15-17H2,(H4,26,27,29,30). The molecule has 162 valence electrons. The van der Waals surface area contributed by atoms with Crippen LogP contribution >= 0.6 is 0 Å². The van der Waals surface area contributed by atoms with E-state index < -0.39 is 0 Å². The maximum absolute atomic E-state index is 6.23. The summed E-state index contributed by atoms with van der Waals surface area (Å²) in [4.78, 5) is 8.58. The first-order valence-electron chi connectivity index (χ1n) is 11.1. The van der Waals surface area contributed by atoms with Gasteiger partial charge in [-0.25, -0.2) is 4.98 Å². The van der Waals surface area contributed by atoms with Crippen molar-refractivity contribution >= 4 is 17.5 Å². The minimum absolute atomic E-state index is 0.158. The van der Waals surface area contributed by atoms with Crippen LogP contribution in [0.2, 0.25) is 0 Å². The Kier molecular flexibility index (Phi) is 6.99. The lowest BCUT2D eigenvalue weighted by atomic mass is 9.89. The van der Waals surface area contributed by atoms with Crippen LogP contribution in [0.25, 0.3) is 11.1 Å². The highest BCUT2D eigenvalue weighted by Crippen LogP contribution is 2.30. The van der Waals surface area contributed by atoms with Gasteiger partial charge in [-0.2, -0.15) is 4.98 Å². The SMILES string of the molecule is Nc1nc(N)c(-c2ccc(NCC3CCCCC3)cc2)c(COCc2ccccc2)n1. The van der Waals surface area contributed by atoms with Crippen LogP contribution in [0.1, 0.15) is 43.4 Å². The third-order valence-electron chi connectivity index (χ3n) is 5.87. The Labute approximate surface area is 184 Å². The number of hydrogen-bond donors (Lipinski definition) is 3. The monoisotopic (exact) mass is 417 g/mol. The molecule has 0 unspecified atom stereocenters. The summed E-state index contributed by atoms with van der Waals surface area (Å²) in [5.74, 6) is 1.31. The lowest BCUT2D eigenvalue weighted by Crippen LogP contribution is -2.17. The molecule has 3 aromatic rings. The van der Waals surface area contributed by atoms with E-state index in [1.807, 2.05) is 30.3 Å². The highest BCUT2D eigenvalue weighted by molar-refractivity contribution is 5.77. The molecule has 0 radical (unpaired) electrons. The van der Waals surface area contributed by atoms with Gasteiger partial charge in [0.25, 0.3) is 0 Å². The summed E-state index contributed by atoms with van der Waals surface area (Å²) < 4.78 is 5.89. The molecule has 1 fully saturated rings. The predicted octanol–water partition coefficient (Wildman–Crippen LogP) is 5.02. The van der Waals surface area contributed by atoms with Gasteiger partial charge in [-0.15, -0.1) is 0 Å². The van der Waals surface area contributed by atoms with Crippen molar-refractivity contribution < 1.29 is 4.74 Å². The molecule has 0 aliphatic heterocycles. The van der Waals surface area contributed by atoms with E-state index >= 15 is 0 Å². The van der Waals surface area contributed by atoms with E-state index in [1.54, 1.807) is 0 Å². The van der Waals surface area contributed by atoms with Crippen LogP contribution in [0.15, 0.2) is 54.6 Å². The Bertz CT molecular complexity index is 969. The second kappa shape index (κ2) is 10.3. The molecule has 2 aromatic carbocycles. The molecule has 1 heterocycles. The van der Waals surface area contributed by atoms with Gasteiger partial charge in [0.15, 0.2) is 0 Å². The van der Waals surface area contributed by atoms with Gasteiger partial charge in [0.2, 0.25) is 5.95 Å². The van der Waals surface area contributed by atoms with E-state index in [-0.39, 0.29) is 5.95 Å². The van der Waals surface area contributed by atoms with E-state index in [0.717, 1.165) is 34.8 Å². The average Bonchev–Trinajstić information content (AvgIpc) is 2.79. The van der Waals surface area contributed by atoms with Crippen LogP contribution < -0.4 is 16.8 Å². The zero-order valence-corrected chi connectivity index (χ0v) is 17.9. The molecule has 1 aliphatic rings. The minimum atomic E-state index is 0.158. The summed E-state index contributed by atoms with van der Waals surface area (Å²) in [6.45, 7) is 1.84. The Morgan fingerprint density at radius 2 is 1.61 bits per heavy atom. The average molecular weight is 418 g/mol. The number of rotatable bonds is 8. The maximum Gasteiger partial charge on any atom is 0.222 e. The van der Waals surface area contributed by atoms with Gasteiger partial charge < -0.3 is 21.5 Å². The minimum Gasteiger partial charge on any atom is -0.385 e. The van der Waals surface area contributed by atoms with Crippen LogP contribution in [-0.4, -0.2) is 16.5 Å². The van der Waals surface area contributed by atoms with Gasteiger partial charge in [-0.1, -0.05) is 61.7 Å². The molecule has 6 heteroatoms. The van der Waals surface area contributed by atoms with E-state index in [0.29, 0.717) is 24.7 Å². The number of nitrogens with one attached hydrogen (secondary N) is 1. The molecule has 4 rings (SSSR count). The van der Waals surface area contributed by atoms with Crippen molar-refractivity contribution in [2.24, 2.45) is 5.92 Å². The number of aromatic nitrogens is 2. The van der Waals surface area contributed by atoms with E-state index in [1.165, 1.54) is 32.1 Å². The van der Waals surface area contributed by atoms with Gasteiger partial charge >= 0.3 is 0 Å². The summed E-state index contributed by atoms with van der Waals surface area (Å²) in [5.41, 5.74) is 16.7. The third kappa shape index (κ3) is 5.73. The molecule has 1 aliphatic carbocycles. The summed E-state index contributed by atoms with van der Waals surface area (Å²) in [6, 6.07) is 18.3. The van der Waals surface area contributed by atoms with Crippen LogP contribution in [-0.2, 0) is 18.0 Å². The van der Waals surface area contributed by atoms with Gasteiger partial charge in [0.1, 0.15) is 5.82 Å². The van der Waals surface area contributed by atoms with Gasteiger partial charge in [-0.05, 0) is 42.0 Å². The van der Waals surface area contributed by atoms with Crippen molar-refractivity contribution in [3.8, 4) is 11.1 Å². The van der Waals surface area contributed by atoms with Crippen LogP contribution in [0, 0.1) is 5.92 Å². The van der Waals surface area contributed by atoms with Crippen molar-refractivity contribution in [1.82, 2.24) is 9.97 Å². The van der Waals surface area contributed by atoms with E-state index in [4.69, 9.17) is 16.2 Å². The Morgan fingerprint density at radius 3 is 2.35 bits per heavy atom. The number of hydrogen-bond acceptors (Lipinski definition) is 6. The number of anilines is 3. The fraction of sp³-hybridized carbons (Fsp3) is 0.360. The number of nitrogens with two attached hydrogens (primary N) is 2. The molecular weight excluding hydrogens is 386 g/mol. The van der Waals surface area contributed by atoms with Gasteiger partial charge in [0, 0.05) is 17.8 Å². The highest BCUT2D eigenvalue weighted by atomic mass is 16.5. The summed E-state index contributed by atoms with van der Waals surface area (Å²) in [7, 11) is 0. The highest BCUT2D eigenvalue weighted by Gasteiger charge is 2.15. The van der Waals surface area contributed by atoms with Crippen molar-refractivity contribution in [1.29, 1.82) is 0 Å². The molecular formula is C25H31N5O. The molecule has 0 spiro atoms. The normalized spacial score (nSPS) is 14.5. The Morgan fingerprint density at radius 1 is 0.871 bits per heavy atom. The number of benzene rings is 2. The first kappa shape index (κ1) is 21.1.